The first-order valence-electron chi connectivity index (χ1n) is 7.88. The van der Waals surface area contributed by atoms with Gasteiger partial charge in [-0.1, -0.05) is 23.5 Å². The summed E-state index contributed by atoms with van der Waals surface area (Å²) in [5.41, 5.74) is 1.58. The van der Waals surface area contributed by atoms with E-state index in [1.807, 2.05) is 54.6 Å². The Morgan fingerprint density at radius 3 is 2.15 bits per heavy atom. The fraction of sp³-hybridized carbons (Fsp3) is 0.105. The van der Waals surface area contributed by atoms with Crippen LogP contribution in [0, 0.1) is 0 Å². The van der Waals surface area contributed by atoms with Gasteiger partial charge in [-0.25, -0.2) is 0 Å². The van der Waals surface area contributed by atoms with Crippen molar-refractivity contribution >= 4 is 22.4 Å². The van der Waals surface area contributed by atoms with E-state index < -0.39 is 0 Å². The summed E-state index contributed by atoms with van der Waals surface area (Å²) in [5, 5.41) is 4.35. The van der Waals surface area contributed by atoms with Crippen molar-refractivity contribution in [1.29, 1.82) is 0 Å². The zero-order chi connectivity index (χ0) is 18.1. The molecular weight excluding hydrogens is 350 g/mol. The molecule has 4 aromatic rings. The number of nitrogens with zero attached hydrogens (tertiary/aromatic N) is 3. The van der Waals surface area contributed by atoms with Crippen LogP contribution in [-0.2, 0) is 0 Å². The minimum absolute atomic E-state index is 0.173. The third-order valence-electron chi connectivity index (χ3n) is 3.94. The van der Waals surface area contributed by atoms with Crippen molar-refractivity contribution in [3.8, 4) is 22.9 Å². The number of fused-ring (bicyclic) bond motifs is 1. The van der Waals surface area contributed by atoms with Crippen molar-refractivity contribution in [2.45, 2.75) is 0 Å². The van der Waals surface area contributed by atoms with Crippen LogP contribution in [0.4, 0.5) is 0 Å². The van der Waals surface area contributed by atoms with E-state index in [4.69, 9.17) is 9.47 Å². The zero-order valence-corrected chi connectivity index (χ0v) is 15.0. The highest BCUT2D eigenvalue weighted by Crippen LogP contribution is 2.20. The first kappa shape index (κ1) is 16.3. The molecule has 7 heteroatoms. The van der Waals surface area contributed by atoms with Gasteiger partial charge in [0.1, 0.15) is 11.5 Å². The Kier molecular flexibility index (Phi) is 4.14. The van der Waals surface area contributed by atoms with Gasteiger partial charge in [0.2, 0.25) is 4.96 Å². The van der Waals surface area contributed by atoms with Crippen LogP contribution < -0.4 is 19.6 Å². The second-order valence-corrected chi connectivity index (χ2v) is 6.56. The van der Waals surface area contributed by atoms with Crippen molar-refractivity contribution in [3.05, 3.63) is 69.0 Å². The number of methoxy groups -OCH3 is 2. The Balaban J connectivity index is 1.72. The van der Waals surface area contributed by atoms with Crippen molar-refractivity contribution in [3.63, 3.8) is 0 Å². The monoisotopic (exact) mass is 365 g/mol. The van der Waals surface area contributed by atoms with Gasteiger partial charge < -0.3 is 9.47 Å². The standard InChI is InChI=1S/C19H15N3O3S/c1-24-14-7-3-12(4-8-14)11-16-18(23)22-19(26-16)20-17(21-22)13-5-9-15(25-2)10-6-13/h3-11H,1-2H3/b16-11-. The molecule has 2 aromatic heterocycles. The molecule has 26 heavy (non-hydrogen) atoms. The number of benzene rings is 2. The molecule has 2 aromatic carbocycles. The highest BCUT2D eigenvalue weighted by Gasteiger charge is 2.12. The van der Waals surface area contributed by atoms with Crippen LogP contribution in [0.5, 0.6) is 11.5 Å². The molecule has 4 rings (SSSR count). The van der Waals surface area contributed by atoms with Crippen molar-refractivity contribution in [2.24, 2.45) is 0 Å². The molecule has 0 aliphatic carbocycles. The third-order valence-corrected chi connectivity index (χ3v) is 4.90. The highest BCUT2D eigenvalue weighted by atomic mass is 32.1. The zero-order valence-electron chi connectivity index (χ0n) is 14.2. The van der Waals surface area contributed by atoms with Crippen LogP contribution >= 0.6 is 11.3 Å². The number of rotatable bonds is 4. The van der Waals surface area contributed by atoms with Crippen LogP contribution in [0.15, 0.2) is 53.3 Å². The lowest BCUT2D eigenvalue weighted by molar-refractivity contribution is 0.414. The molecule has 0 fully saturated rings. The van der Waals surface area contributed by atoms with Crippen molar-refractivity contribution in [1.82, 2.24) is 14.6 Å². The van der Waals surface area contributed by atoms with Gasteiger partial charge in [0.05, 0.1) is 18.8 Å². The minimum Gasteiger partial charge on any atom is -0.497 e. The number of thiazole rings is 1. The SMILES string of the molecule is COc1ccc(/C=c2\sc3nc(-c4ccc(OC)cc4)nn3c2=O)cc1. The second kappa shape index (κ2) is 6.61. The molecule has 0 aliphatic rings. The predicted octanol–water partition coefficient (Wildman–Crippen LogP) is 2.38. The van der Waals surface area contributed by atoms with Gasteiger partial charge in [-0.15, -0.1) is 5.10 Å². The minimum atomic E-state index is -0.173. The van der Waals surface area contributed by atoms with Crippen LogP contribution in [0.2, 0.25) is 0 Å². The van der Waals surface area contributed by atoms with E-state index in [9.17, 15) is 4.79 Å². The quantitative estimate of drug-likeness (QED) is 0.556. The maximum Gasteiger partial charge on any atom is 0.291 e. The lowest BCUT2D eigenvalue weighted by Gasteiger charge is -1.99. The molecule has 0 N–H and O–H groups in total. The molecule has 2 heterocycles. The highest BCUT2D eigenvalue weighted by molar-refractivity contribution is 7.15. The Morgan fingerprint density at radius 2 is 1.58 bits per heavy atom. The second-order valence-electron chi connectivity index (χ2n) is 5.55. The van der Waals surface area contributed by atoms with Gasteiger partial charge in [0, 0.05) is 5.56 Å². The van der Waals surface area contributed by atoms with E-state index in [0.717, 1.165) is 22.6 Å². The van der Waals surface area contributed by atoms with E-state index in [-0.39, 0.29) is 5.56 Å². The molecule has 0 aliphatic heterocycles. The summed E-state index contributed by atoms with van der Waals surface area (Å²) in [4.78, 5) is 17.6. The lowest BCUT2D eigenvalue weighted by Crippen LogP contribution is -2.23. The first-order valence-corrected chi connectivity index (χ1v) is 8.69. The summed E-state index contributed by atoms with van der Waals surface area (Å²) in [6, 6.07) is 14.9. The van der Waals surface area contributed by atoms with Crippen molar-refractivity contribution in [2.75, 3.05) is 14.2 Å². The van der Waals surface area contributed by atoms with Gasteiger partial charge in [-0.3, -0.25) is 4.79 Å². The average molecular weight is 365 g/mol. The molecule has 0 spiro atoms. The fourth-order valence-corrected chi connectivity index (χ4v) is 3.46. The lowest BCUT2D eigenvalue weighted by atomic mass is 10.2. The summed E-state index contributed by atoms with van der Waals surface area (Å²) >= 11 is 1.32. The van der Waals surface area contributed by atoms with E-state index in [2.05, 4.69) is 10.1 Å². The third kappa shape index (κ3) is 2.93. The summed E-state index contributed by atoms with van der Waals surface area (Å²) in [7, 11) is 3.24. The summed E-state index contributed by atoms with van der Waals surface area (Å²) < 4.78 is 12.2. The van der Waals surface area contributed by atoms with E-state index in [1.54, 1.807) is 14.2 Å². The number of aromatic nitrogens is 3. The van der Waals surface area contributed by atoms with Gasteiger partial charge in [0.15, 0.2) is 5.82 Å². The molecule has 0 saturated heterocycles. The van der Waals surface area contributed by atoms with E-state index in [1.165, 1.54) is 15.9 Å². The Bertz CT molecular complexity index is 1160. The van der Waals surface area contributed by atoms with Gasteiger partial charge >= 0.3 is 0 Å². The van der Waals surface area contributed by atoms with E-state index in [0.29, 0.717) is 15.3 Å². The number of hydrogen-bond donors (Lipinski definition) is 0. The summed E-state index contributed by atoms with van der Waals surface area (Å²) in [5.74, 6) is 2.05. The van der Waals surface area contributed by atoms with Crippen LogP contribution in [0.1, 0.15) is 5.56 Å². The molecule has 0 unspecified atom stereocenters. The largest absolute Gasteiger partial charge is 0.497 e. The average Bonchev–Trinajstić information content (AvgIpc) is 3.22. The molecular formula is C19H15N3O3S. The molecule has 0 saturated carbocycles. The molecule has 0 bridgehead atoms. The topological polar surface area (TPSA) is 65.7 Å². The van der Waals surface area contributed by atoms with Gasteiger partial charge in [-0.2, -0.15) is 9.50 Å². The smallest absolute Gasteiger partial charge is 0.291 e. The maximum absolute atomic E-state index is 12.6. The van der Waals surface area contributed by atoms with Crippen LogP contribution in [-0.4, -0.2) is 28.8 Å². The molecule has 0 atom stereocenters. The molecule has 130 valence electrons. The van der Waals surface area contributed by atoms with E-state index >= 15 is 0 Å². The molecule has 0 amide bonds. The van der Waals surface area contributed by atoms with Crippen LogP contribution in [0.25, 0.3) is 22.4 Å². The predicted molar refractivity (Wildman–Crippen MR) is 101 cm³/mol. The molecule has 6 nitrogen and oxygen atoms in total. The summed E-state index contributed by atoms with van der Waals surface area (Å²) in [6.07, 6.45) is 1.83. The number of hydrogen-bond acceptors (Lipinski definition) is 6. The van der Waals surface area contributed by atoms with Crippen LogP contribution in [0.3, 0.4) is 0 Å². The van der Waals surface area contributed by atoms with Crippen molar-refractivity contribution < 1.29 is 9.47 Å². The summed E-state index contributed by atoms with van der Waals surface area (Å²) in [6.45, 7) is 0. The Labute approximate surface area is 153 Å². The maximum atomic E-state index is 12.6. The van der Waals surface area contributed by atoms with Gasteiger partial charge in [0.25, 0.3) is 5.56 Å². The molecule has 0 radical (unpaired) electrons. The Morgan fingerprint density at radius 1 is 0.962 bits per heavy atom. The first-order chi connectivity index (χ1) is 12.7. The Hall–Kier alpha value is -3.19. The van der Waals surface area contributed by atoms with Gasteiger partial charge in [-0.05, 0) is 48.0 Å². The normalized spacial score (nSPS) is 11.8. The number of ether oxygens (including phenoxy) is 2. The fourth-order valence-electron chi connectivity index (χ4n) is 2.55.